The van der Waals surface area contributed by atoms with Gasteiger partial charge in [0, 0.05) is 18.7 Å². The molecule has 1 unspecified atom stereocenters. The van der Waals surface area contributed by atoms with E-state index >= 15 is 0 Å². The Kier molecular flexibility index (Phi) is 5.51. The minimum Gasteiger partial charge on any atom is -0.313 e. The summed E-state index contributed by atoms with van der Waals surface area (Å²) in [6.07, 6.45) is 0.626. The lowest BCUT2D eigenvalue weighted by atomic mass is 10.1. The number of rotatable bonds is 6. The predicted molar refractivity (Wildman–Crippen MR) is 66.1 cm³/mol. The van der Waals surface area contributed by atoms with E-state index in [1.807, 2.05) is 21.0 Å². The van der Waals surface area contributed by atoms with Crippen LogP contribution in [0.2, 0.25) is 0 Å². The van der Waals surface area contributed by atoms with Gasteiger partial charge >= 0.3 is 0 Å². The van der Waals surface area contributed by atoms with Crippen LogP contribution in [0.1, 0.15) is 12.5 Å². The van der Waals surface area contributed by atoms with Crippen molar-refractivity contribution in [1.82, 2.24) is 10.2 Å². The molecule has 1 aromatic rings. The molecule has 0 spiro atoms. The van der Waals surface area contributed by atoms with Crippen LogP contribution in [0, 0.1) is 11.6 Å². The monoisotopic (exact) mass is 242 g/mol. The molecule has 1 rings (SSSR count). The van der Waals surface area contributed by atoms with Gasteiger partial charge in [0.1, 0.15) is 11.6 Å². The quantitative estimate of drug-likeness (QED) is 0.821. The van der Waals surface area contributed by atoms with Crippen molar-refractivity contribution in [2.45, 2.75) is 19.4 Å². The lowest BCUT2D eigenvalue weighted by Crippen LogP contribution is -2.39. The first kappa shape index (κ1) is 14.1. The van der Waals surface area contributed by atoms with E-state index in [1.165, 1.54) is 12.1 Å². The Hall–Kier alpha value is -1.00. The Morgan fingerprint density at radius 2 is 1.76 bits per heavy atom. The third-order valence-electron chi connectivity index (χ3n) is 2.48. The van der Waals surface area contributed by atoms with Gasteiger partial charge in [-0.1, -0.05) is 6.92 Å². The Morgan fingerprint density at radius 1 is 1.18 bits per heavy atom. The lowest BCUT2D eigenvalue weighted by molar-refractivity contribution is 0.338. The molecule has 4 heteroatoms. The maximum absolute atomic E-state index is 13.1. The molecule has 0 saturated heterocycles. The van der Waals surface area contributed by atoms with Gasteiger partial charge in [-0.3, -0.25) is 0 Å². The van der Waals surface area contributed by atoms with Gasteiger partial charge in [0.15, 0.2) is 0 Å². The lowest BCUT2D eigenvalue weighted by Gasteiger charge is -2.22. The van der Waals surface area contributed by atoms with E-state index in [0.29, 0.717) is 12.0 Å². The second kappa shape index (κ2) is 6.67. The molecule has 0 heterocycles. The molecule has 2 nitrogen and oxygen atoms in total. The van der Waals surface area contributed by atoms with Gasteiger partial charge in [0.25, 0.3) is 0 Å². The highest BCUT2D eigenvalue weighted by Gasteiger charge is 2.11. The highest BCUT2D eigenvalue weighted by atomic mass is 19.1. The summed E-state index contributed by atoms with van der Waals surface area (Å²) in [5.74, 6) is -1.03. The van der Waals surface area contributed by atoms with Crippen LogP contribution in [0.5, 0.6) is 0 Å². The summed E-state index contributed by atoms with van der Waals surface area (Å²) in [4.78, 5) is 2.06. The average Bonchev–Trinajstić information content (AvgIpc) is 2.14. The van der Waals surface area contributed by atoms with Gasteiger partial charge in [-0.15, -0.1) is 0 Å². The van der Waals surface area contributed by atoms with Crippen molar-refractivity contribution in [3.63, 3.8) is 0 Å². The molecule has 1 aromatic carbocycles. The molecule has 0 amide bonds. The summed E-state index contributed by atoms with van der Waals surface area (Å²) >= 11 is 0. The highest BCUT2D eigenvalue weighted by molar-refractivity contribution is 5.19. The minimum absolute atomic E-state index is 0.205. The third kappa shape index (κ3) is 5.24. The third-order valence-corrected chi connectivity index (χ3v) is 2.48. The molecular formula is C13H20F2N2. The van der Waals surface area contributed by atoms with E-state index < -0.39 is 11.6 Å². The van der Waals surface area contributed by atoms with Crippen LogP contribution in [0.15, 0.2) is 18.2 Å². The molecule has 0 fully saturated rings. The van der Waals surface area contributed by atoms with Crippen LogP contribution in [-0.2, 0) is 6.42 Å². The fourth-order valence-corrected chi connectivity index (χ4v) is 1.94. The zero-order chi connectivity index (χ0) is 12.8. The molecule has 0 aromatic heterocycles. The summed E-state index contributed by atoms with van der Waals surface area (Å²) < 4.78 is 26.1. The van der Waals surface area contributed by atoms with Crippen LogP contribution in [0.3, 0.4) is 0 Å². The number of benzene rings is 1. The molecular weight excluding hydrogens is 222 g/mol. The Bertz CT molecular complexity index is 333. The Balaban J connectivity index is 2.70. The predicted octanol–water partition coefficient (Wildman–Crippen LogP) is 2.05. The van der Waals surface area contributed by atoms with Crippen molar-refractivity contribution in [3.8, 4) is 0 Å². The van der Waals surface area contributed by atoms with Gasteiger partial charge in [-0.25, -0.2) is 8.78 Å². The van der Waals surface area contributed by atoms with E-state index in [9.17, 15) is 8.78 Å². The van der Waals surface area contributed by atoms with Gasteiger partial charge in [0.2, 0.25) is 0 Å². The molecule has 1 N–H and O–H groups in total. The number of halogens is 2. The van der Waals surface area contributed by atoms with Crippen molar-refractivity contribution >= 4 is 0 Å². The number of nitrogens with one attached hydrogen (secondary N) is 1. The zero-order valence-corrected chi connectivity index (χ0v) is 10.6. The summed E-state index contributed by atoms with van der Waals surface area (Å²) in [5, 5.41) is 3.31. The molecule has 0 aliphatic heterocycles. The van der Waals surface area contributed by atoms with Crippen molar-refractivity contribution in [3.05, 3.63) is 35.4 Å². The topological polar surface area (TPSA) is 15.3 Å². The first-order valence-corrected chi connectivity index (χ1v) is 5.84. The normalized spacial score (nSPS) is 13.1. The molecule has 1 atom stereocenters. The van der Waals surface area contributed by atoms with Crippen LogP contribution in [0.25, 0.3) is 0 Å². The fraction of sp³-hybridized carbons (Fsp3) is 0.538. The van der Waals surface area contributed by atoms with E-state index in [2.05, 4.69) is 10.2 Å². The van der Waals surface area contributed by atoms with Crippen molar-refractivity contribution in [2.24, 2.45) is 0 Å². The summed E-state index contributed by atoms with van der Waals surface area (Å²) in [6.45, 7) is 3.71. The van der Waals surface area contributed by atoms with Crippen molar-refractivity contribution in [1.29, 1.82) is 0 Å². The maximum atomic E-state index is 13.1. The van der Waals surface area contributed by atoms with Gasteiger partial charge < -0.3 is 10.2 Å². The van der Waals surface area contributed by atoms with E-state index in [-0.39, 0.29) is 6.04 Å². The minimum atomic E-state index is -0.514. The molecule has 0 radical (unpaired) electrons. The molecule has 96 valence electrons. The molecule has 0 aliphatic carbocycles. The van der Waals surface area contributed by atoms with Crippen molar-refractivity contribution in [2.75, 3.05) is 27.2 Å². The van der Waals surface area contributed by atoms with Crippen LogP contribution in [0.4, 0.5) is 8.78 Å². The van der Waals surface area contributed by atoms with E-state index in [1.54, 1.807) is 0 Å². The van der Waals surface area contributed by atoms with Crippen LogP contribution in [-0.4, -0.2) is 38.1 Å². The first-order chi connectivity index (χ1) is 8.01. The Labute approximate surface area is 102 Å². The van der Waals surface area contributed by atoms with Gasteiger partial charge in [-0.2, -0.15) is 0 Å². The second-order valence-electron chi connectivity index (χ2n) is 4.50. The molecule has 0 bridgehead atoms. The van der Waals surface area contributed by atoms with Gasteiger partial charge in [-0.05, 0) is 44.8 Å². The SMILES string of the molecule is CCNC(Cc1cc(F)cc(F)c1)CN(C)C. The molecule has 17 heavy (non-hydrogen) atoms. The summed E-state index contributed by atoms with van der Waals surface area (Å²) in [6, 6.07) is 3.89. The van der Waals surface area contributed by atoms with Crippen molar-refractivity contribution < 1.29 is 8.78 Å². The van der Waals surface area contributed by atoms with E-state index in [0.717, 1.165) is 19.2 Å². The molecule has 0 saturated carbocycles. The number of nitrogens with zero attached hydrogens (tertiary/aromatic N) is 1. The maximum Gasteiger partial charge on any atom is 0.126 e. The Morgan fingerprint density at radius 3 is 2.24 bits per heavy atom. The van der Waals surface area contributed by atoms with Gasteiger partial charge in [0.05, 0.1) is 0 Å². The largest absolute Gasteiger partial charge is 0.313 e. The zero-order valence-electron chi connectivity index (χ0n) is 10.6. The second-order valence-corrected chi connectivity index (χ2v) is 4.50. The highest BCUT2D eigenvalue weighted by Crippen LogP contribution is 2.10. The fourth-order valence-electron chi connectivity index (χ4n) is 1.94. The summed E-state index contributed by atoms with van der Waals surface area (Å²) in [5.41, 5.74) is 0.690. The van der Waals surface area contributed by atoms with E-state index in [4.69, 9.17) is 0 Å². The first-order valence-electron chi connectivity index (χ1n) is 5.84. The standard InChI is InChI=1S/C13H20F2N2/c1-4-16-13(9-17(2)3)7-10-5-11(14)8-12(15)6-10/h5-6,8,13,16H,4,7,9H2,1-3H3. The molecule has 0 aliphatic rings. The number of likely N-dealkylation sites (N-methyl/N-ethyl adjacent to an activating group) is 2. The van der Waals surface area contributed by atoms with Crippen LogP contribution < -0.4 is 5.32 Å². The summed E-state index contributed by atoms with van der Waals surface area (Å²) in [7, 11) is 3.97. The number of hydrogen-bond donors (Lipinski definition) is 1. The van der Waals surface area contributed by atoms with Crippen LogP contribution >= 0.6 is 0 Å². The number of hydrogen-bond acceptors (Lipinski definition) is 2. The average molecular weight is 242 g/mol. The smallest absolute Gasteiger partial charge is 0.126 e.